The zero-order valence-corrected chi connectivity index (χ0v) is 15.3. The zero-order valence-electron chi connectivity index (χ0n) is 15.3. The third-order valence-electron chi connectivity index (χ3n) is 6.02. The summed E-state index contributed by atoms with van der Waals surface area (Å²) in [7, 11) is 0. The molecule has 2 heteroatoms. The number of unbranched alkanes of at least 4 members (excludes halogenated alkanes) is 2. The van der Waals surface area contributed by atoms with Crippen molar-refractivity contribution in [1.29, 1.82) is 0 Å². The second kappa shape index (κ2) is 8.29. The van der Waals surface area contributed by atoms with Crippen molar-refractivity contribution in [3.05, 3.63) is 59.7 Å². The van der Waals surface area contributed by atoms with E-state index < -0.39 is 11.8 Å². The van der Waals surface area contributed by atoms with Crippen LogP contribution in [0.25, 0.3) is 0 Å². The topological polar surface area (TPSA) is 0 Å². The summed E-state index contributed by atoms with van der Waals surface area (Å²) in [5.74, 6) is 1.47. The lowest BCUT2D eigenvalue weighted by molar-refractivity contribution is 0.124. The van der Waals surface area contributed by atoms with Gasteiger partial charge in [0, 0.05) is 0 Å². The normalized spacial score (nSPS) is 32.0. The Morgan fingerprint density at radius 1 is 1.00 bits per heavy atom. The largest absolute Gasteiger partial charge is 0.239 e. The fraction of sp³-hybridized carbons (Fsp3) is 0.565. The molecule has 2 unspecified atom stereocenters. The Morgan fingerprint density at radius 2 is 1.72 bits per heavy atom. The molecule has 1 saturated carbocycles. The number of hydrogen-bond acceptors (Lipinski definition) is 0. The van der Waals surface area contributed by atoms with Gasteiger partial charge in [-0.25, -0.2) is 8.78 Å². The number of benzene rings is 1. The van der Waals surface area contributed by atoms with Crippen LogP contribution in [0.15, 0.2) is 48.6 Å². The van der Waals surface area contributed by atoms with Crippen LogP contribution in [0.4, 0.5) is 8.78 Å². The zero-order chi connectivity index (χ0) is 17.7. The first-order valence-corrected chi connectivity index (χ1v) is 9.93. The molecular weight excluding hydrogens is 314 g/mol. The van der Waals surface area contributed by atoms with E-state index in [0.717, 1.165) is 5.92 Å². The lowest BCUT2D eigenvalue weighted by Crippen LogP contribution is -2.30. The predicted molar refractivity (Wildman–Crippen MR) is 101 cm³/mol. The fourth-order valence-corrected chi connectivity index (χ4v) is 4.32. The minimum Gasteiger partial charge on any atom is -0.239 e. The summed E-state index contributed by atoms with van der Waals surface area (Å²) in [5.41, 5.74) is -0.327. The summed E-state index contributed by atoms with van der Waals surface area (Å²) >= 11 is 0. The molecule has 0 aliphatic heterocycles. The maximum absolute atomic E-state index is 15.0. The molecule has 0 heterocycles. The van der Waals surface area contributed by atoms with E-state index in [1.807, 2.05) is 12.1 Å². The summed E-state index contributed by atoms with van der Waals surface area (Å²) in [5, 5.41) is 0. The first-order valence-electron chi connectivity index (χ1n) is 9.93. The molecule has 2 aliphatic carbocycles. The third-order valence-corrected chi connectivity index (χ3v) is 6.02. The van der Waals surface area contributed by atoms with Crippen LogP contribution >= 0.6 is 0 Å². The first kappa shape index (κ1) is 18.4. The molecule has 136 valence electrons. The SMILES string of the molecule is CCCCCC1CCC(c2ccc(C3(F)C=CC=CC3F)cc2)CC1. The fourth-order valence-electron chi connectivity index (χ4n) is 4.32. The molecule has 25 heavy (non-hydrogen) atoms. The number of halogens is 2. The maximum atomic E-state index is 15.0. The molecule has 0 nitrogen and oxygen atoms in total. The van der Waals surface area contributed by atoms with Gasteiger partial charge in [0.2, 0.25) is 0 Å². The minimum absolute atomic E-state index is 0.414. The molecule has 0 aromatic heterocycles. The first-order chi connectivity index (χ1) is 12.1. The average molecular weight is 344 g/mol. The summed E-state index contributed by atoms with van der Waals surface area (Å²) in [6.45, 7) is 2.26. The smallest absolute Gasteiger partial charge is 0.189 e. The number of alkyl halides is 2. The van der Waals surface area contributed by atoms with Gasteiger partial charge in [0.15, 0.2) is 11.8 Å². The minimum atomic E-state index is -2.02. The van der Waals surface area contributed by atoms with Gasteiger partial charge in [-0.15, -0.1) is 0 Å². The Bertz CT molecular complexity index is 593. The highest BCUT2D eigenvalue weighted by Gasteiger charge is 2.38. The molecule has 0 bridgehead atoms. The molecular formula is C23H30F2. The van der Waals surface area contributed by atoms with Crippen molar-refractivity contribution in [2.24, 2.45) is 5.92 Å². The van der Waals surface area contributed by atoms with Gasteiger partial charge < -0.3 is 0 Å². The van der Waals surface area contributed by atoms with Crippen molar-refractivity contribution in [2.45, 2.75) is 76.0 Å². The Morgan fingerprint density at radius 3 is 2.36 bits per heavy atom. The maximum Gasteiger partial charge on any atom is 0.189 e. The van der Waals surface area contributed by atoms with E-state index in [0.29, 0.717) is 11.5 Å². The molecule has 0 saturated heterocycles. The molecule has 2 atom stereocenters. The van der Waals surface area contributed by atoms with Crippen LogP contribution in [0.1, 0.15) is 75.3 Å². The lowest BCUT2D eigenvalue weighted by Gasteiger charge is -2.30. The van der Waals surface area contributed by atoms with E-state index >= 15 is 0 Å². The van der Waals surface area contributed by atoms with Crippen LogP contribution in [0.5, 0.6) is 0 Å². The molecule has 1 fully saturated rings. The Kier molecular flexibility index (Phi) is 6.09. The number of allylic oxidation sites excluding steroid dienone is 4. The van der Waals surface area contributed by atoms with Crippen molar-refractivity contribution in [3.8, 4) is 0 Å². The van der Waals surface area contributed by atoms with Gasteiger partial charge in [0.1, 0.15) is 0 Å². The highest BCUT2D eigenvalue weighted by atomic mass is 19.2. The van der Waals surface area contributed by atoms with E-state index in [1.54, 1.807) is 24.3 Å². The van der Waals surface area contributed by atoms with Crippen molar-refractivity contribution >= 4 is 0 Å². The van der Waals surface area contributed by atoms with E-state index in [1.165, 1.54) is 69.1 Å². The van der Waals surface area contributed by atoms with Gasteiger partial charge in [0.25, 0.3) is 0 Å². The quantitative estimate of drug-likeness (QED) is 0.480. The lowest BCUT2D eigenvalue weighted by atomic mass is 9.76. The summed E-state index contributed by atoms with van der Waals surface area (Å²) in [6.07, 6.45) is 14.6. The third kappa shape index (κ3) is 4.22. The summed E-state index contributed by atoms with van der Waals surface area (Å²) in [6, 6.07) is 7.58. The second-order valence-corrected chi connectivity index (χ2v) is 7.75. The number of hydrogen-bond donors (Lipinski definition) is 0. The monoisotopic (exact) mass is 344 g/mol. The number of rotatable bonds is 6. The van der Waals surface area contributed by atoms with Crippen molar-refractivity contribution < 1.29 is 8.78 Å². The molecule has 0 radical (unpaired) electrons. The molecule has 3 rings (SSSR count). The van der Waals surface area contributed by atoms with Gasteiger partial charge in [-0.05, 0) is 60.8 Å². The standard InChI is InChI=1S/C23H30F2/c1-2-3-4-7-18-9-11-19(12-10-18)20-13-15-21(16-14-20)23(25)17-6-5-8-22(23)24/h5-6,8,13-19,22H,2-4,7,9-12H2,1H3. The Balaban J connectivity index is 1.58. The highest BCUT2D eigenvalue weighted by Crippen LogP contribution is 2.40. The van der Waals surface area contributed by atoms with Crippen LogP contribution < -0.4 is 0 Å². The summed E-state index contributed by atoms with van der Waals surface area (Å²) in [4.78, 5) is 0. The van der Waals surface area contributed by atoms with E-state index in [-0.39, 0.29) is 0 Å². The average Bonchev–Trinajstić information content (AvgIpc) is 2.65. The molecule has 0 N–H and O–H groups in total. The summed E-state index contributed by atoms with van der Waals surface area (Å²) < 4.78 is 29.0. The van der Waals surface area contributed by atoms with Gasteiger partial charge in [-0.1, -0.05) is 69.0 Å². The van der Waals surface area contributed by atoms with Crippen molar-refractivity contribution in [2.75, 3.05) is 0 Å². The Hall–Kier alpha value is -1.44. The van der Waals surface area contributed by atoms with Gasteiger partial charge in [0.05, 0.1) is 0 Å². The molecule has 1 aromatic carbocycles. The van der Waals surface area contributed by atoms with Crippen LogP contribution in [0.3, 0.4) is 0 Å². The highest BCUT2D eigenvalue weighted by molar-refractivity contribution is 5.37. The second-order valence-electron chi connectivity index (χ2n) is 7.75. The predicted octanol–water partition coefficient (Wildman–Crippen LogP) is 7.17. The van der Waals surface area contributed by atoms with Crippen molar-refractivity contribution in [1.82, 2.24) is 0 Å². The van der Waals surface area contributed by atoms with E-state index in [2.05, 4.69) is 6.92 Å². The van der Waals surface area contributed by atoms with E-state index in [9.17, 15) is 8.78 Å². The van der Waals surface area contributed by atoms with Crippen LogP contribution in [0.2, 0.25) is 0 Å². The van der Waals surface area contributed by atoms with E-state index in [4.69, 9.17) is 0 Å². The van der Waals surface area contributed by atoms with Gasteiger partial charge in [-0.2, -0.15) is 0 Å². The van der Waals surface area contributed by atoms with Gasteiger partial charge >= 0.3 is 0 Å². The van der Waals surface area contributed by atoms with Crippen molar-refractivity contribution in [3.63, 3.8) is 0 Å². The van der Waals surface area contributed by atoms with Gasteiger partial charge in [-0.3, -0.25) is 0 Å². The van der Waals surface area contributed by atoms with Crippen LogP contribution in [0, 0.1) is 5.92 Å². The molecule has 0 spiro atoms. The van der Waals surface area contributed by atoms with Crippen LogP contribution in [-0.4, -0.2) is 6.17 Å². The molecule has 2 aliphatic rings. The molecule has 1 aromatic rings. The van der Waals surface area contributed by atoms with Crippen LogP contribution in [-0.2, 0) is 5.67 Å². The molecule has 0 amide bonds. The Labute approximate surface area is 151 Å².